The number of hydrogen-bond donors (Lipinski definition) is 1. The standard InChI is InChI=1S/C20H26N6O2/c1-28-17-6-4-5-16(13-17)23-20(27)26-11-9-25(10-12-26)19-14-18(21-15-22-19)24-7-2-3-8-24/h4-6,13-15H,2-3,7-12H2,1H3,(H,23,27). The van der Waals surface area contributed by atoms with Crippen LogP contribution in [0.25, 0.3) is 0 Å². The van der Waals surface area contributed by atoms with Gasteiger partial charge in [-0.2, -0.15) is 0 Å². The Morgan fingerprint density at radius 3 is 2.32 bits per heavy atom. The van der Waals surface area contributed by atoms with Gasteiger partial charge in [-0.3, -0.25) is 0 Å². The van der Waals surface area contributed by atoms with Gasteiger partial charge in [-0.25, -0.2) is 14.8 Å². The van der Waals surface area contributed by atoms with E-state index in [-0.39, 0.29) is 6.03 Å². The largest absolute Gasteiger partial charge is 0.497 e. The van der Waals surface area contributed by atoms with Crippen LogP contribution in [0.3, 0.4) is 0 Å². The van der Waals surface area contributed by atoms with Crippen LogP contribution >= 0.6 is 0 Å². The first-order valence-corrected chi connectivity index (χ1v) is 9.75. The third kappa shape index (κ3) is 4.11. The normalized spacial score (nSPS) is 17.0. The number of nitrogens with one attached hydrogen (secondary N) is 1. The first-order valence-electron chi connectivity index (χ1n) is 9.75. The number of nitrogens with zero attached hydrogens (tertiary/aromatic N) is 5. The minimum Gasteiger partial charge on any atom is -0.497 e. The van der Waals surface area contributed by atoms with Crippen LogP contribution in [0.15, 0.2) is 36.7 Å². The minimum absolute atomic E-state index is 0.0895. The molecule has 1 aromatic heterocycles. The van der Waals surface area contributed by atoms with Gasteiger partial charge in [0.05, 0.1) is 7.11 Å². The highest BCUT2D eigenvalue weighted by atomic mass is 16.5. The van der Waals surface area contributed by atoms with Crippen LogP contribution in [-0.2, 0) is 0 Å². The average molecular weight is 382 g/mol. The maximum Gasteiger partial charge on any atom is 0.321 e. The van der Waals surface area contributed by atoms with Crippen molar-refractivity contribution in [1.82, 2.24) is 14.9 Å². The molecule has 2 fully saturated rings. The highest BCUT2D eigenvalue weighted by molar-refractivity contribution is 5.89. The summed E-state index contributed by atoms with van der Waals surface area (Å²) < 4.78 is 5.20. The Hall–Kier alpha value is -3.03. The lowest BCUT2D eigenvalue weighted by Gasteiger charge is -2.35. The summed E-state index contributed by atoms with van der Waals surface area (Å²) in [6.45, 7) is 4.94. The van der Waals surface area contributed by atoms with E-state index in [1.807, 2.05) is 29.2 Å². The van der Waals surface area contributed by atoms with Crippen LogP contribution < -0.4 is 19.9 Å². The third-order valence-corrected chi connectivity index (χ3v) is 5.28. The summed E-state index contributed by atoms with van der Waals surface area (Å²) >= 11 is 0. The Kier molecular flexibility index (Phi) is 5.45. The SMILES string of the molecule is COc1cccc(NC(=O)N2CCN(c3cc(N4CCCC4)ncn3)CC2)c1. The van der Waals surface area contributed by atoms with Crippen molar-refractivity contribution in [3.63, 3.8) is 0 Å². The summed E-state index contributed by atoms with van der Waals surface area (Å²) in [5.41, 5.74) is 0.734. The lowest BCUT2D eigenvalue weighted by atomic mass is 10.3. The van der Waals surface area contributed by atoms with Gasteiger partial charge in [-0.15, -0.1) is 0 Å². The molecule has 148 valence electrons. The van der Waals surface area contributed by atoms with Gasteiger partial charge in [0, 0.05) is 57.1 Å². The van der Waals surface area contributed by atoms with Gasteiger partial charge < -0.3 is 24.8 Å². The molecule has 1 aromatic carbocycles. The Morgan fingerprint density at radius 1 is 0.964 bits per heavy atom. The van der Waals surface area contributed by atoms with E-state index < -0.39 is 0 Å². The van der Waals surface area contributed by atoms with E-state index in [1.165, 1.54) is 12.8 Å². The molecule has 0 spiro atoms. The van der Waals surface area contributed by atoms with E-state index >= 15 is 0 Å². The number of methoxy groups -OCH3 is 1. The number of anilines is 3. The van der Waals surface area contributed by atoms with Crippen molar-refractivity contribution < 1.29 is 9.53 Å². The number of carbonyl (C=O) groups is 1. The van der Waals surface area contributed by atoms with Crippen molar-refractivity contribution in [1.29, 1.82) is 0 Å². The van der Waals surface area contributed by atoms with Gasteiger partial charge in [0.15, 0.2) is 0 Å². The van der Waals surface area contributed by atoms with Crippen LogP contribution in [0.4, 0.5) is 22.1 Å². The fraction of sp³-hybridized carbons (Fsp3) is 0.450. The molecule has 8 nitrogen and oxygen atoms in total. The zero-order valence-electron chi connectivity index (χ0n) is 16.2. The molecule has 0 radical (unpaired) electrons. The van der Waals surface area contributed by atoms with E-state index in [2.05, 4.69) is 31.2 Å². The molecule has 0 atom stereocenters. The van der Waals surface area contributed by atoms with Crippen LogP contribution in [-0.4, -0.2) is 67.3 Å². The van der Waals surface area contributed by atoms with Crippen LogP contribution in [0.2, 0.25) is 0 Å². The second-order valence-electron chi connectivity index (χ2n) is 7.06. The number of piperazine rings is 1. The maximum atomic E-state index is 12.6. The second-order valence-corrected chi connectivity index (χ2v) is 7.06. The van der Waals surface area contributed by atoms with E-state index in [0.29, 0.717) is 13.1 Å². The molecule has 28 heavy (non-hydrogen) atoms. The minimum atomic E-state index is -0.0895. The van der Waals surface area contributed by atoms with Crippen LogP contribution in [0.1, 0.15) is 12.8 Å². The molecule has 0 bridgehead atoms. The summed E-state index contributed by atoms with van der Waals surface area (Å²) in [5.74, 6) is 2.66. The van der Waals surface area contributed by atoms with Crippen molar-refractivity contribution in [3.05, 3.63) is 36.7 Å². The summed E-state index contributed by atoms with van der Waals surface area (Å²) in [5, 5.41) is 2.94. The number of urea groups is 1. The van der Waals surface area contributed by atoms with Gasteiger partial charge in [0.1, 0.15) is 23.7 Å². The zero-order chi connectivity index (χ0) is 19.3. The first-order chi connectivity index (χ1) is 13.7. The fourth-order valence-corrected chi connectivity index (χ4v) is 3.67. The van der Waals surface area contributed by atoms with Gasteiger partial charge >= 0.3 is 6.03 Å². The van der Waals surface area contributed by atoms with Crippen LogP contribution in [0, 0.1) is 0 Å². The molecule has 3 heterocycles. The van der Waals surface area contributed by atoms with Gasteiger partial charge in [0.2, 0.25) is 0 Å². The summed E-state index contributed by atoms with van der Waals surface area (Å²) in [6, 6.07) is 9.36. The number of rotatable bonds is 4. The highest BCUT2D eigenvalue weighted by Gasteiger charge is 2.23. The monoisotopic (exact) mass is 382 g/mol. The number of ether oxygens (including phenoxy) is 1. The molecule has 1 N–H and O–H groups in total. The number of carbonyl (C=O) groups excluding carboxylic acids is 1. The molecule has 2 aliphatic heterocycles. The predicted octanol–water partition coefficient (Wildman–Crippen LogP) is 2.44. The highest BCUT2D eigenvalue weighted by Crippen LogP contribution is 2.22. The van der Waals surface area contributed by atoms with Gasteiger partial charge in [-0.05, 0) is 25.0 Å². The number of aromatic nitrogens is 2. The Morgan fingerprint density at radius 2 is 1.64 bits per heavy atom. The van der Waals surface area contributed by atoms with E-state index in [9.17, 15) is 4.79 Å². The van der Waals surface area contributed by atoms with E-state index in [4.69, 9.17) is 4.74 Å². The number of benzene rings is 1. The van der Waals surface area contributed by atoms with E-state index in [0.717, 1.165) is 49.3 Å². The smallest absolute Gasteiger partial charge is 0.321 e. The van der Waals surface area contributed by atoms with Crippen molar-refractivity contribution in [2.75, 3.05) is 61.5 Å². The van der Waals surface area contributed by atoms with Crippen molar-refractivity contribution in [3.8, 4) is 5.75 Å². The van der Waals surface area contributed by atoms with Crippen LogP contribution in [0.5, 0.6) is 5.75 Å². The molecular weight excluding hydrogens is 356 g/mol. The first kappa shape index (κ1) is 18.3. The summed E-state index contributed by atoms with van der Waals surface area (Å²) in [6.07, 6.45) is 4.09. The second kappa shape index (κ2) is 8.33. The van der Waals surface area contributed by atoms with Crippen molar-refractivity contribution in [2.45, 2.75) is 12.8 Å². The molecule has 2 aromatic rings. The third-order valence-electron chi connectivity index (χ3n) is 5.28. The van der Waals surface area contributed by atoms with E-state index in [1.54, 1.807) is 13.4 Å². The van der Waals surface area contributed by atoms with Crippen molar-refractivity contribution >= 4 is 23.4 Å². The summed E-state index contributed by atoms with van der Waals surface area (Å²) in [7, 11) is 1.61. The Labute approximate surface area is 165 Å². The molecule has 0 aliphatic carbocycles. The molecule has 4 rings (SSSR count). The lowest BCUT2D eigenvalue weighted by Crippen LogP contribution is -2.50. The lowest BCUT2D eigenvalue weighted by molar-refractivity contribution is 0.208. The quantitative estimate of drug-likeness (QED) is 0.876. The predicted molar refractivity (Wildman–Crippen MR) is 109 cm³/mol. The maximum absolute atomic E-state index is 12.6. The Bertz CT molecular complexity index is 816. The molecule has 8 heteroatoms. The molecule has 0 unspecified atom stereocenters. The summed E-state index contributed by atoms with van der Waals surface area (Å²) in [4.78, 5) is 27.8. The Balaban J connectivity index is 1.34. The van der Waals surface area contributed by atoms with Gasteiger partial charge in [0.25, 0.3) is 0 Å². The average Bonchev–Trinajstić information content (AvgIpc) is 3.29. The number of hydrogen-bond acceptors (Lipinski definition) is 6. The van der Waals surface area contributed by atoms with Crippen molar-refractivity contribution in [2.24, 2.45) is 0 Å². The molecule has 2 amide bonds. The molecule has 0 saturated carbocycles. The fourth-order valence-electron chi connectivity index (χ4n) is 3.67. The topological polar surface area (TPSA) is 73.8 Å². The van der Waals surface area contributed by atoms with Gasteiger partial charge in [-0.1, -0.05) is 6.07 Å². The molecular formula is C20H26N6O2. The number of amides is 2. The molecule has 2 saturated heterocycles. The molecule has 2 aliphatic rings. The zero-order valence-corrected chi connectivity index (χ0v) is 16.2.